The lowest BCUT2D eigenvalue weighted by Crippen LogP contribution is -2.12. The van der Waals surface area contributed by atoms with Crippen LogP contribution in [0.25, 0.3) is 93.2 Å². The average molecular weight is 710 g/mol. The fourth-order valence-electron chi connectivity index (χ4n) is 7.95. The van der Waals surface area contributed by atoms with Gasteiger partial charge in [0, 0.05) is 48.0 Å². The lowest BCUT2D eigenvalue weighted by Gasteiger charge is -2.20. The predicted octanol–water partition coefficient (Wildman–Crippen LogP) is 13.2. The normalized spacial score (nSPS) is 14.0. The quantitative estimate of drug-likeness (QED) is 0.178. The second-order valence-electron chi connectivity index (χ2n) is 14.0. The molecule has 5 heteroatoms. The molecule has 0 bridgehead atoms. The first-order chi connectivity index (χ1) is 26.7. The van der Waals surface area contributed by atoms with Crippen LogP contribution in [-0.4, -0.2) is 15.0 Å². The van der Waals surface area contributed by atoms with Gasteiger partial charge in [0.05, 0.1) is 0 Å². The standard InChI is InChI=1S/C49H31N3OS/c1-2-9-30(10-3-1)31-17-21-33(22-18-31)47-50-48(52-49(51-47)36-25-26-40-39-11-5-7-16-44(39)54-45(40)29-36)35-24-20-32-19-23-34(27-37(32)28-35)38-13-8-15-43-46(38)41-12-4-6-14-42(41)53-43/h1-27,29,35H,28H2. The molecule has 1 unspecified atom stereocenters. The largest absolute Gasteiger partial charge is 0.456 e. The Morgan fingerprint density at radius 3 is 2.07 bits per heavy atom. The lowest BCUT2D eigenvalue weighted by atomic mass is 9.86. The van der Waals surface area contributed by atoms with Gasteiger partial charge in [0.15, 0.2) is 11.6 Å². The van der Waals surface area contributed by atoms with E-state index in [1.54, 1.807) is 0 Å². The van der Waals surface area contributed by atoms with Crippen LogP contribution >= 0.6 is 11.3 Å². The van der Waals surface area contributed by atoms with Gasteiger partial charge in [-0.25, -0.2) is 15.0 Å². The van der Waals surface area contributed by atoms with Gasteiger partial charge in [0.2, 0.25) is 0 Å². The summed E-state index contributed by atoms with van der Waals surface area (Å²) in [5.74, 6) is 2.12. The second-order valence-corrected chi connectivity index (χ2v) is 15.0. The minimum absolute atomic E-state index is 0.0181. The number of para-hydroxylation sites is 1. The van der Waals surface area contributed by atoms with Crippen molar-refractivity contribution in [2.75, 3.05) is 0 Å². The number of rotatable bonds is 5. The summed E-state index contributed by atoms with van der Waals surface area (Å²) in [6.07, 6.45) is 5.26. The average Bonchev–Trinajstić information content (AvgIpc) is 3.82. The molecule has 1 aliphatic rings. The van der Waals surface area contributed by atoms with Crippen LogP contribution in [0.15, 0.2) is 168 Å². The third-order valence-electron chi connectivity index (χ3n) is 10.7. The van der Waals surface area contributed by atoms with E-state index in [2.05, 4.69) is 152 Å². The number of aromatic nitrogens is 3. The highest BCUT2D eigenvalue weighted by molar-refractivity contribution is 7.25. The van der Waals surface area contributed by atoms with Crippen LogP contribution in [0, 0.1) is 0 Å². The van der Waals surface area contributed by atoms with E-state index in [1.165, 1.54) is 48.0 Å². The summed E-state index contributed by atoms with van der Waals surface area (Å²) in [6.45, 7) is 0. The third-order valence-corrected chi connectivity index (χ3v) is 11.8. The molecule has 0 saturated heterocycles. The molecule has 1 atom stereocenters. The Morgan fingerprint density at radius 2 is 1.19 bits per heavy atom. The first-order valence-corrected chi connectivity index (χ1v) is 19.1. The van der Waals surface area contributed by atoms with E-state index in [0.717, 1.165) is 50.9 Å². The van der Waals surface area contributed by atoms with E-state index in [0.29, 0.717) is 11.6 Å². The Balaban J connectivity index is 1.01. The lowest BCUT2D eigenvalue weighted by molar-refractivity contribution is 0.669. The Bertz CT molecular complexity index is 3080. The van der Waals surface area contributed by atoms with E-state index >= 15 is 0 Å². The first-order valence-electron chi connectivity index (χ1n) is 18.3. The Hall–Kier alpha value is -6.69. The van der Waals surface area contributed by atoms with Crippen molar-refractivity contribution in [2.45, 2.75) is 12.3 Å². The summed E-state index contributed by atoms with van der Waals surface area (Å²) in [4.78, 5) is 15.5. The highest BCUT2D eigenvalue weighted by Crippen LogP contribution is 2.40. The van der Waals surface area contributed by atoms with Crippen molar-refractivity contribution < 1.29 is 4.42 Å². The highest BCUT2D eigenvalue weighted by atomic mass is 32.1. The van der Waals surface area contributed by atoms with Crippen molar-refractivity contribution in [2.24, 2.45) is 0 Å². The van der Waals surface area contributed by atoms with Crippen molar-refractivity contribution in [1.82, 2.24) is 15.0 Å². The molecule has 3 aromatic heterocycles. The monoisotopic (exact) mass is 709 g/mol. The molecule has 0 fully saturated rings. The topological polar surface area (TPSA) is 51.8 Å². The zero-order chi connectivity index (χ0) is 35.6. The van der Waals surface area contributed by atoms with Gasteiger partial charge in [0.1, 0.15) is 17.0 Å². The number of hydrogen-bond acceptors (Lipinski definition) is 5. The molecule has 54 heavy (non-hydrogen) atoms. The van der Waals surface area contributed by atoms with E-state index in [-0.39, 0.29) is 5.92 Å². The van der Waals surface area contributed by atoms with E-state index < -0.39 is 0 Å². The van der Waals surface area contributed by atoms with Gasteiger partial charge in [-0.2, -0.15) is 0 Å². The van der Waals surface area contributed by atoms with Crippen LogP contribution < -0.4 is 0 Å². The summed E-state index contributed by atoms with van der Waals surface area (Å²) in [5, 5.41) is 4.82. The van der Waals surface area contributed by atoms with Crippen LogP contribution in [0.4, 0.5) is 0 Å². The minimum Gasteiger partial charge on any atom is -0.456 e. The summed E-state index contributed by atoms with van der Waals surface area (Å²) < 4.78 is 8.74. The molecule has 4 nitrogen and oxygen atoms in total. The van der Waals surface area contributed by atoms with Crippen LogP contribution in [0.3, 0.4) is 0 Å². The van der Waals surface area contributed by atoms with E-state index in [4.69, 9.17) is 19.4 Å². The van der Waals surface area contributed by atoms with Crippen molar-refractivity contribution in [3.05, 3.63) is 181 Å². The van der Waals surface area contributed by atoms with E-state index in [9.17, 15) is 0 Å². The highest BCUT2D eigenvalue weighted by Gasteiger charge is 2.23. The molecule has 254 valence electrons. The van der Waals surface area contributed by atoms with Crippen LogP contribution in [0.5, 0.6) is 0 Å². The maximum atomic E-state index is 6.23. The maximum absolute atomic E-state index is 6.23. The summed E-state index contributed by atoms with van der Waals surface area (Å²) in [5.41, 5.74) is 10.9. The molecule has 0 spiro atoms. The number of nitrogens with zero attached hydrogens (tertiary/aromatic N) is 3. The van der Waals surface area contributed by atoms with Gasteiger partial charge < -0.3 is 4.42 Å². The van der Waals surface area contributed by atoms with Crippen molar-refractivity contribution >= 4 is 59.5 Å². The molecule has 0 aliphatic heterocycles. The molecule has 0 N–H and O–H groups in total. The number of hydrogen-bond donors (Lipinski definition) is 0. The molecular weight excluding hydrogens is 679 g/mol. The molecule has 0 saturated carbocycles. The van der Waals surface area contributed by atoms with Crippen LogP contribution in [-0.2, 0) is 6.42 Å². The zero-order valence-corrected chi connectivity index (χ0v) is 29.9. The summed E-state index contributed by atoms with van der Waals surface area (Å²) in [6, 6.07) is 55.6. The van der Waals surface area contributed by atoms with Gasteiger partial charge in [-0.05, 0) is 64.1 Å². The van der Waals surface area contributed by atoms with Crippen molar-refractivity contribution in [3.63, 3.8) is 0 Å². The molecule has 1 aliphatic carbocycles. The summed E-state index contributed by atoms with van der Waals surface area (Å²) in [7, 11) is 0. The fourth-order valence-corrected chi connectivity index (χ4v) is 9.10. The molecule has 0 amide bonds. The predicted molar refractivity (Wildman–Crippen MR) is 224 cm³/mol. The maximum Gasteiger partial charge on any atom is 0.163 e. The zero-order valence-electron chi connectivity index (χ0n) is 29.1. The van der Waals surface area contributed by atoms with Crippen LogP contribution in [0.2, 0.25) is 0 Å². The van der Waals surface area contributed by atoms with Gasteiger partial charge >= 0.3 is 0 Å². The Labute approximate surface area is 315 Å². The molecule has 10 aromatic rings. The number of thiophene rings is 1. The molecule has 0 radical (unpaired) electrons. The fraction of sp³-hybridized carbons (Fsp3) is 0.0408. The molecular formula is C49H31N3OS. The van der Waals surface area contributed by atoms with Gasteiger partial charge in [-0.1, -0.05) is 146 Å². The molecule has 3 heterocycles. The molecule has 7 aromatic carbocycles. The number of furan rings is 1. The smallest absolute Gasteiger partial charge is 0.163 e. The van der Waals surface area contributed by atoms with Crippen LogP contribution in [0.1, 0.15) is 22.9 Å². The van der Waals surface area contributed by atoms with Gasteiger partial charge in [-0.15, -0.1) is 11.3 Å². The number of allylic oxidation sites excluding steroid dienone is 1. The van der Waals surface area contributed by atoms with Gasteiger partial charge in [0.25, 0.3) is 0 Å². The SMILES string of the molecule is C1=CC(c2nc(-c3ccc(-c4ccccc4)cc3)nc(-c3ccc4c(c3)sc3ccccc34)n2)Cc2cc(-c3cccc4oc5ccccc5c34)ccc21. The number of benzene rings is 7. The minimum atomic E-state index is -0.0181. The second kappa shape index (κ2) is 12.5. The Morgan fingerprint density at radius 1 is 0.500 bits per heavy atom. The van der Waals surface area contributed by atoms with Crippen molar-refractivity contribution in [1.29, 1.82) is 0 Å². The van der Waals surface area contributed by atoms with Gasteiger partial charge in [-0.3, -0.25) is 0 Å². The molecule has 11 rings (SSSR count). The Kier molecular flexibility index (Phi) is 7.13. The number of fused-ring (bicyclic) bond motifs is 7. The van der Waals surface area contributed by atoms with E-state index in [1.807, 2.05) is 29.5 Å². The third kappa shape index (κ3) is 5.24. The van der Waals surface area contributed by atoms with Crippen molar-refractivity contribution in [3.8, 4) is 45.0 Å². The summed E-state index contributed by atoms with van der Waals surface area (Å²) >= 11 is 1.81. The first kappa shape index (κ1) is 30.9.